The maximum atomic E-state index is 12.0. The van der Waals surface area contributed by atoms with Crippen molar-refractivity contribution < 1.29 is 23.5 Å². The van der Waals surface area contributed by atoms with Gasteiger partial charge in [0.05, 0.1) is 26.2 Å². The average Bonchev–Trinajstić information content (AvgIpc) is 3.16. The molecule has 0 aliphatic carbocycles. The summed E-state index contributed by atoms with van der Waals surface area (Å²) in [6.07, 6.45) is 0.188. The second-order valence-corrected chi connectivity index (χ2v) is 5.90. The molecule has 3 rings (SSSR count). The van der Waals surface area contributed by atoms with E-state index < -0.39 is 0 Å². The molecule has 2 aromatic carbocycles. The van der Waals surface area contributed by atoms with Gasteiger partial charge >= 0.3 is 5.97 Å². The highest BCUT2D eigenvalue weighted by Crippen LogP contribution is 2.31. The van der Waals surface area contributed by atoms with Crippen LogP contribution in [0.1, 0.15) is 17.0 Å². The van der Waals surface area contributed by atoms with Crippen molar-refractivity contribution in [3.63, 3.8) is 0 Å². The van der Waals surface area contributed by atoms with E-state index in [0.717, 1.165) is 11.1 Å². The number of ether oxygens (including phenoxy) is 3. The number of rotatable bonds is 7. The Morgan fingerprint density at radius 3 is 2.56 bits per heavy atom. The molecular formula is C20H20N2O5. The molecule has 3 aromatic rings. The molecule has 0 unspecified atom stereocenters. The van der Waals surface area contributed by atoms with Gasteiger partial charge < -0.3 is 18.7 Å². The molecule has 0 fully saturated rings. The Morgan fingerprint density at radius 2 is 1.85 bits per heavy atom. The van der Waals surface area contributed by atoms with Crippen LogP contribution in [0.5, 0.6) is 11.5 Å². The summed E-state index contributed by atoms with van der Waals surface area (Å²) in [5, 5.41) is 3.92. The van der Waals surface area contributed by atoms with E-state index in [9.17, 15) is 4.79 Å². The monoisotopic (exact) mass is 368 g/mol. The second kappa shape index (κ2) is 8.35. The van der Waals surface area contributed by atoms with Crippen LogP contribution >= 0.6 is 0 Å². The highest BCUT2D eigenvalue weighted by molar-refractivity contribution is 5.72. The van der Waals surface area contributed by atoms with Crippen LogP contribution < -0.4 is 9.47 Å². The minimum absolute atomic E-state index is 0.0871. The van der Waals surface area contributed by atoms with Crippen LogP contribution in [0.4, 0.5) is 0 Å². The van der Waals surface area contributed by atoms with Gasteiger partial charge in [0.2, 0.25) is 5.82 Å². The summed E-state index contributed by atoms with van der Waals surface area (Å²) >= 11 is 0. The van der Waals surface area contributed by atoms with Gasteiger partial charge in [-0.25, -0.2) is 0 Å². The van der Waals surface area contributed by atoms with Crippen LogP contribution in [0.2, 0.25) is 0 Å². The Hall–Kier alpha value is -3.35. The molecule has 0 spiro atoms. The van der Waals surface area contributed by atoms with Crippen LogP contribution in [0, 0.1) is 6.92 Å². The Morgan fingerprint density at radius 1 is 1.07 bits per heavy atom. The van der Waals surface area contributed by atoms with Crippen molar-refractivity contribution in [3.8, 4) is 22.9 Å². The molecule has 0 atom stereocenters. The smallest absolute Gasteiger partial charge is 0.310 e. The molecule has 140 valence electrons. The fourth-order valence-corrected chi connectivity index (χ4v) is 2.47. The number of carbonyl (C=O) groups excluding carboxylic acids is 1. The van der Waals surface area contributed by atoms with Crippen molar-refractivity contribution in [3.05, 3.63) is 59.5 Å². The number of aryl methyl sites for hydroxylation is 1. The number of carbonyl (C=O) groups is 1. The fourth-order valence-electron chi connectivity index (χ4n) is 2.47. The summed E-state index contributed by atoms with van der Waals surface area (Å²) in [6.45, 7) is 1.91. The molecule has 0 saturated heterocycles. The zero-order chi connectivity index (χ0) is 19.2. The van der Waals surface area contributed by atoms with E-state index >= 15 is 0 Å². The predicted molar refractivity (Wildman–Crippen MR) is 97.5 cm³/mol. The van der Waals surface area contributed by atoms with Gasteiger partial charge in [0, 0.05) is 6.07 Å². The van der Waals surface area contributed by atoms with Crippen LogP contribution in [0.15, 0.2) is 47.0 Å². The summed E-state index contributed by atoms with van der Waals surface area (Å²) in [7, 11) is 3.12. The zero-order valence-electron chi connectivity index (χ0n) is 15.4. The number of hydrogen-bond donors (Lipinski definition) is 0. The standard InChI is InChI=1S/C20H20N2O5/c1-13-4-6-14(7-5-13)10-19(23)26-12-18-21-20(22-27-18)16-9-8-15(24-2)11-17(16)25-3/h4-9,11H,10,12H2,1-3H3. The molecule has 0 amide bonds. The molecule has 7 nitrogen and oxygen atoms in total. The first-order valence-electron chi connectivity index (χ1n) is 8.35. The third kappa shape index (κ3) is 4.63. The lowest BCUT2D eigenvalue weighted by molar-refractivity contribution is -0.144. The number of esters is 1. The fraction of sp³-hybridized carbons (Fsp3) is 0.250. The minimum Gasteiger partial charge on any atom is -0.497 e. The highest BCUT2D eigenvalue weighted by atomic mass is 16.6. The normalized spacial score (nSPS) is 10.5. The molecule has 0 radical (unpaired) electrons. The summed E-state index contributed by atoms with van der Waals surface area (Å²) in [6, 6.07) is 13.0. The molecule has 0 saturated carbocycles. The Labute approximate surface area is 156 Å². The third-order valence-corrected chi connectivity index (χ3v) is 3.94. The Bertz CT molecular complexity index is 918. The van der Waals surface area contributed by atoms with Crippen molar-refractivity contribution in [2.45, 2.75) is 20.0 Å². The van der Waals surface area contributed by atoms with Crippen molar-refractivity contribution >= 4 is 5.97 Å². The number of nitrogens with zero attached hydrogens (tertiary/aromatic N) is 2. The van der Waals surface area contributed by atoms with Gasteiger partial charge in [0.25, 0.3) is 5.89 Å². The van der Waals surface area contributed by atoms with Gasteiger partial charge in [-0.05, 0) is 24.6 Å². The second-order valence-electron chi connectivity index (χ2n) is 5.90. The van der Waals surface area contributed by atoms with Gasteiger partial charge in [-0.2, -0.15) is 4.98 Å². The Kier molecular flexibility index (Phi) is 5.71. The third-order valence-electron chi connectivity index (χ3n) is 3.94. The molecule has 7 heteroatoms. The van der Waals surface area contributed by atoms with E-state index in [-0.39, 0.29) is 24.9 Å². The van der Waals surface area contributed by atoms with Crippen molar-refractivity contribution in [1.29, 1.82) is 0 Å². The maximum Gasteiger partial charge on any atom is 0.310 e. The number of methoxy groups -OCH3 is 2. The molecular weight excluding hydrogens is 348 g/mol. The van der Waals surface area contributed by atoms with Crippen LogP contribution in [-0.4, -0.2) is 30.3 Å². The first kappa shape index (κ1) is 18.4. The lowest BCUT2D eigenvalue weighted by Crippen LogP contribution is -2.08. The summed E-state index contributed by atoms with van der Waals surface area (Å²) < 4.78 is 20.9. The van der Waals surface area contributed by atoms with Crippen molar-refractivity contribution in [2.75, 3.05) is 14.2 Å². The average molecular weight is 368 g/mol. The van der Waals surface area contributed by atoms with Gasteiger partial charge in [-0.1, -0.05) is 35.0 Å². The van der Waals surface area contributed by atoms with E-state index in [1.807, 2.05) is 31.2 Å². The molecule has 0 N–H and O–H groups in total. The summed E-state index contributed by atoms with van der Waals surface area (Å²) in [5.74, 6) is 1.40. The van der Waals surface area contributed by atoms with Crippen molar-refractivity contribution in [1.82, 2.24) is 10.1 Å². The first-order valence-corrected chi connectivity index (χ1v) is 8.35. The quantitative estimate of drug-likeness (QED) is 0.591. The minimum atomic E-state index is -0.361. The maximum absolute atomic E-state index is 12.0. The number of aromatic nitrogens is 2. The van der Waals surface area contributed by atoms with Crippen LogP contribution in [-0.2, 0) is 22.6 Å². The molecule has 0 aliphatic heterocycles. The summed E-state index contributed by atoms with van der Waals surface area (Å²) in [4.78, 5) is 16.2. The van der Waals surface area contributed by atoms with Crippen molar-refractivity contribution in [2.24, 2.45) is 0 Å². The Balaban J connectivity index is 1.62. The molecule has 0 bridgehead atoms. The van der Waals surface area contributed by atoms with E-state index in [1.165, 1.54) is 0 Å². The largest absolute Gasteiger partial charge is 0.497 e. The van der Waals surface area contributed by atoms with E-state index in [2.05, 4.69) is 10.1 Å². The highest BCUT2D eigenvalue weighted by Gasteiger charge is 2.15. The molecule has 1 heterocycles. The van der Waals surface area contributed by atoms with E-state index in [0.29, 0.717) is 22.9 Å². The SMILES string of the molecule is COc1ccc(-c2noc(COC(=O)Cc3ccc(C)cc3)n2)c(OC)c1. The predicted octanol–water partition coefficient (Wildman–Crippen LogP) is 3.35. The zero-order valence-corrected chi connectivity index (χ0v) is 15.4. The number of benzene rings is 2. The van der Waals surface area contributed by atoms with Gasteiger partial charge in [-0.3, -0.25) is 4.79 Å². The lowest BCUT2D eigenvalue weighted by Gasteiger charge is -2.07. The number of hydrogen-bond acceptors (Lipinski definition) is 7. The molecule has 27 heavy (non-hydrogen) atoms. The van der Waals surface area contributed by atoms with Crippen LogP contribution in [0.3, 0.4) is 0 Å². The van der Waals surface area contributed by atoms with E-state index in [4.69, 9.17) is 18.7 Å². The lowest BCUT2D eigenvalue weighted by atomic mass is 10.1. The van der Waals surface area contributed by atoms with Gasteiger partial charge in [0.1, 0.15) is 11.5 Å². The summed E-state index contributed by atoms with van der Waals surface area (Å²) in [5.41, 5.74) is 2.68. The first-order chi connectivity index (χ1) is 13.1. The molecule has 1 aromatic heterocycles. The van der Waals surface area contributed by atoms with Crippen LogP contribution in [0.25, 0.3) is 11.4 Å². The van der Waals surface area contributed by atoms with Gasteiger partial charge in [-0.15, -0.1) is 0 Å². The molecule has 0 aliphatic rings. The van der Waals surface area contributed by atoms with E-state index in [1.54, 1.807) is 32.4 Å². The topological polar surface area (TPSA) is 83.7 Å². The van der Waals surface area contributed by atoms with Gasteiger partial charge in [0.15, 0.2) is 6.61 Å².